The van der Waals surface area contributed by atoms with Crippen LogP contribution in [-0.4, -0.2) is 27.5 Å². The number of benzene rings is 1. The molecule has 1 aromatic carbocycles. The minimum absolute atomic E-state index is 0.0295. The summed E-state index contributed by atoms with van der Waals surface area (Å²) >= 11 is 12.2. The molecule has 2 rings (SSSR count). The van der Waals surface area contributed by atoms with Gasteiger partial charge in [0.15, 0.2) is 0 Å². The summed E-state index contributed by atoms with van der Waals surface area (Å²) in [5, 5.41) is 18.0. The van der Waals surface area contributed by atoms with Crippen molar-refractivity contribution in [2.45, 2.75) is 32.9 Å². The van der Waals surface area contributed by atoms with E-state index in [1.54, 1.807) is 16.8 Å². The Morgan fingerprint density at radius 3 is 2.67 bits per heavy atom. The Morgan fingerprint density at radius 1 is 1.33 bits per heavy atom. The van der Waals surface area contributed by atoms with E-state index in [1.165, 1.54) is 0 Å². The number of halogens is 2. The molecule has 2 N–H and O–H groups in total. The normalized spacial score (nSPS) is 14.2. The molecule has 0 radical (unpaired) electrons. The van der Waals surface area contributed by atoms with Crippen LogP contribution in [0, 0.1) is 6.92 Å². The lowest BCUT2D eigenvalue weighted by atomic mass is 10.1. The van der Waals surface area contributed by atoms with Crippen molar-refractivity contribution in [1.82, 2.24) is 15.1 Å². The quantitative estimate of drug-likeness (QED) is 0.883. The predicted molar refractivity (Wildman–Crippen MR) is 86.4 cm³/mol. The van der Waals surface area contributed by atoms with Gasteiger partial charge >= 0.3 is 0 Å². The number of aromatic nitrogens is 2. The van der Waals surface area contributed by atoms with Gasteiger partial charge in [0, 0.05) is 28.4 Å². The Labute approximate surface area is 134 Å². The molecule has 6 heteroatoms. The lowest BCUT2D eigenvalue weighted by molar-refractivity contribution is 0.243. The minimum Gasteiger partial charge on any atom is -0.395 e. The number of hydrogen-bond donors (Lipinski definition) is 2. The average Bonchev–Trinajstić information content (AvgIpc) is 2.80. The Morgan fingerprint density at radius 2 is 2.05 bits per heavy atom. The van der Waals surface area contributed by atoms with Crippen LogP contribution >= 0.6 is 23.2 Å². The molecule has 0 aliphatic rings. The van der Waals surface area contributed by atoms with E-state index in [1.807, 2.05) is 33.0 Å². The highest BCUT2D eigenvalue weighted by Gasteiger charge is 2.17. The van der Waals surface area contributed by atoms with Gasteiger partial charge in [0.1, 0.15) is 0 Å². The fraction of sp³-hybridized carbons (Fsp3) is 0.400. The second-order valence-electron chi connectivity index (χ2n) is 5.16. The molecule has 0 spiro atoms. The van der Waals surface area contributed by atoms with E-state index >= 15 is 0 Å². The number of hydrogen-bond acceptors (Lipinski definition) is 3. The molecular weight excluding hydrogens is 309 g/mol. The Hall–Kier alpha value is -1.07. The molecule has 0 saturated heterocycles. The first-order valence-corrected chi connectivity index (χ1v) is 7.56. The van der Waals surface area contributed by atoms with Crippen LogP contribution in [0.5, 0.6) is 0 Å². The van der Waals surface area contributed by atoms with Gasteiger partial charge in [-0.15, -0.1) is 0 Å². The van der Waals surface area contributed by atoms with Gasteiger partial charge in [0.25, 0.3) is 0 Å². The standard InChI is InChI=1S/C15H19Cl2N3O/c1-9(8-21)19-10(2)13-7-18-20(11(13)3)15-5-4-12(16)6-14(15)17/h4-7,9-10,19,21H,8H2,1-3H3/t9-,10?/m1/s1. The maximum absolute atomic E-state index is 9.13. The van der Waals surface area contributed by atoms with Crippen LogP contribution in [0.4, 0.5) is 0 Å². The van der Waals surface area contributed by atoms with Gasteiger partial charge in [-0.2, -0.15) is 5.10 Å². The van der Waals surface area contributed by atoms with E-state index in [0.29, 0.717) is 10.0 Å². The summed E-state index contributed by atoms with van der Waals surface area (Å²) in [6, 6.07) is 5.46. The van der Waals surface area contributed by atoms with Gasteiger partial charge in [-0.25, -0.2) is 4.68 Å². The van der Waals surface area contributed by atoms with Gasteiger partial charge in [-0.1, -0.05) is 23.2 Å². The maximum Gasteiger partial charge on any atom is 0.0836 e. The fourth-order valence-electron chi connectivity index (χ4n) is 2.31. The molecule has 2 atom stereocenters. The van der Waals surface area contributed by atoms with E-state index in [2.05, 4.69) is 10.4 Å². The third-order valence-corrected chi connectivity index (χ3v) is 4.00. The first-order chi connectivity index (χ1) is 9.93. The van der Waals surface area contributed by atoms with Crippen LogP contribution in [0.2, 0.25) is 10.0 Å². The fourth-order valence-corrected chi connectivity index (χ4v) is 2.80. The lowest BCUT2D eigenvalue weighted by Gasteiger charge is -2.18. The highest BCUT2D eigenvalue weighted by molar-refractivity contribution is 6.35. The summed E-state index contributed by atoms with van der Waals surface area (Å²) < 4.78 is 1.80. The van der Waals surface area contributed by atoms with Gasteiger partial charge < -0.3 is 10.4 Å². The summed E-state index contributed by atoms with van der Waals surface area (Å²) in [6.07, 6.45) is 1.82. The first kappa shape index (κ1) is 16.3. The Kier molecular flexibility index (Phi) is 5.27. The van der Waals surface area contributed by atoms with Gasteiger partial charge in [0.2, 0.25) is 0 Å². The van der Waals surface area contributed by atoms with E-state index in [4.69, 9.17) is 28.3 Å². The maximum atomic E-state index is 9.13. The smallest absolute Gasteiger partial charge is 0.0836 e. The van der Waals surface area contributed by atoms with E-state index in [0.717, 1.165) is 16.9 Å². The number of nitrogens with zero attached hydrogens (tertiary/aromatic N) is 2. The predicted octanol–water partition coefficient (Wildman–Crippen LogP) is 3.52. The second kappa shape index (κ2) is 6.79. The SMILES string of the molecule is Cc1c(C(C)N[C@H](C)CO)cnn1-c1ccc(Cl)cc1Cl. The van der Waals surface area contributed by atoms with Crippen LogP contribution in [-0.2, 0) is 0 Å². The van der Waals surface area contributed by atoms with Crippen molar-refractivity contribution < 1.29 is 5.11 Å². The molecule has 1 aromatic heterocycles. The van der Waals surface area contributed by atoms with E-state index < -0.39 is 0 Å². The molecular formula is C15H19Cl2N3O. The molecule has 1 heterocycles. The van der Waals surface area contributed by atoms with Crippen molar-refractivity contribution in [3.63, 3.8) is 0 Å². The van der Waals surface area contributed by atoms with Crippen molar-refractivity contribution in [3.05, 3.63) is 45.7 Å². The van der Waals surface area contributed by atoms with Crippen LogP contribution < -0.4 is 5.32 Å². The molecule has 1 unspecified atom stereocenters. The Balaban J connectivity index is 2.32. The summed E-state index contributed by atoms with van der Waals surface area (Å²) in [5.41, 5.74) is 2.87. The first-order valence-electron chi connectivity index (χ1n) is 6.81. The third kappa shape index (κ3) is 3.58. The van der Waals surface area contributed by atoms with Gasteiger partial charge in [-0.3, -0.25) is 0 Å². The van der Waals surface area contributed by atoms with Gasteiger partial charge in [0.05, 0.1) is 23.5 Å². The summed E-state index contributed by atoms with van der Waals surface area (Å²) in [4.78, 5) is 0. The average molecular weight is 328 g/mol. The molecule has 0 amide bonds. The minimum atomic E-state index is 0.0295. The third-order valence-electron chi connectivity index (χ3n) is 3.46. The summed E-state index contributed by atoms with van der Waals surface area (Å²) in [5.74, 6) is 0. The lowest BCUT2D eigenvalue weighted by Crippen LogP contribution is -2.31. The number of rotatable bonds is 5. The highest BCUT2D eigenvalue weighted by atomic mass is 35.5. The van der Waals surface area contributed by atoms with Crippen LogP contribution in [0.1, 0.15) is 31.1 Å². The zero-order valence-electron chi connectivity index (χ0n) is 12.3. The number of nitrogens with one attached hydrogen (secondary N) is 1. The monoisotopic (exact) mass is 327 g/mol. The molecule has 21 heavy (non-hydrogen) atoms. The molecule has 4 nitrogen and oxygen atoms in total. The molecule has 0 fully saturated rings. The molecule has 2 aromatic rings. The number of aliphatic hydroxyl groups is 1. The zero-order valence-corrected chi connectivity index (χ0v) is 13.8. The van der Waals surface area contributed by atoms with Crippen LogP contribution in [0.15, 0.2) is 24.4 Å². The molecule has 0 aliphatic carbocycles. The number of aliphatic hydroxyl groups excluding tert-OH is 1. The largest absolute Gasteiger partial charge is 0.395 e. The molecule has 0 bridgehead atoms. The summed E-state index contributed by atoms with van der Waals surface area (Å²) in [6.45, 7) is 6.08. The molecule has 0 aliphatic heterocycles. The van der Waals surface area contributed by atoms with Crippen molar-refractivity contribution in [1.29, 1.82) is 0 Å². The molecule has 114 valence electrons. The van der Waals surface area contributed by atoms with Crippen molar-refractivity contribution in [2.75, 3.05) is 6.61 Å². The summed E-state index contributed by atoms with van der Waals surface area (Å²) in [7, 11) is 0. The molecule has 0 saturated carbocycles. The van der Waals surface area contributed by atoms with Gasteiger partial charge in [-0.05, 0) is 39.0 Å². The van der Waals surface area contributed by atoms with Crippen molar-refractivity contribution >= 4 is 23.2 Å². The highest BCUT2D eigenvalue weighted by Crippen LogP contribution is 2.27. The van der Waals surface area contributed by atoms with Crippen molar-refractivity contribution in [2.24, 2.45) is 0 Å². The Bertz CT molecular complexity index is 627. The zero-order chi connectivity index (χ0) is 15.6. The topological polar surface area (TPSA) is 50.1 Å². The second-order valence-corrected chi connectivity index (χ2v) is 6.01. The van der Waals surface area contributed by atoms with E-state index in [9.17, 15) is 0 Å². The van der Waals surface area contributed by atoms with Crippen LogP contribution in [0.3, 0.4) is 0 Å². The van der Waals surface area contributed by atoms with E-state index in [-0.39, 0.29) is 18.7 Å². The van der Waals surface area contributed by atoms with Crippen molar-refractivity contribution in [3.8, 4) is 5.69 Å². The van der Waals surface area contributed by atoms with Crippen LogP contribution in [0.25, 0.3) is 5.69 Å².